The zero-order chi connectivity index (χ0) is 9.10. The van der Waals surface area contributed by atoms with E-state index in [1.54, 1.807) is 6.26 Å². The Morgan fingerprint density at radius 3 is 3.08 bits per heavy atom. The van der Waals surface area contributed by atoms with Crippen molar-refractivity contribution in [2.45, 2.75) is 37.9 Å². The number of hydrogen-bond acceptors (Lipinski definition) is 3. The molecule has 0 amide bonds. The molecule has 2 unspecified atom stereocenters. The summed E-state index contributed by atoms with van der Waals surface area (Å²) in [7, 11) is 0. The van der Waals surface area contributed by atoms with Gasteiger partial charge in [-0.05, 0) is 25.0 Å². The summed E-state index contributed by atoms with van der Waals surface area (Å²) in [6.45, 7) is 0.797. The second-order valence-corrected chi connectivity index (χ2v) is 3.66. The van der Waals surface area contributed by atoms with Gasteiger partial charge in [0, 0.05) is 12.1 Å². The van der Waals surface area contributed by atoms with Gasteiger partial charge in [-0.3, -0.25) is 0 Å². The van der Waals surface area contributed by atoms with Crippen LogP contribution in [-0.4, -0.2) is 12.1 Å². The third kappa shape index (κ3) is 2.11. The van der Waals surface area contributed by atoms with Gasteiger partial charge in [-0.2, -0.15) is 0 Å². The Bertz CT molecular complexity index is 245. The number of nitrogens with one attached hydrogen (secondary N) is 1. The summed E-state index contributed by atoms with van der Waals surface area (Å²) >= 11 is 0. The van der Waals surface area contributed by atoms with Crippen molar-refractivity contribution in [1.82, 2.24) is 5.32 Å². The quantitative estimate of drug-likeness (QED) is 0.736. The maximum absolute atomic E-state index is 5.93. The molecule has 3 heteroatoms. The van der Waals surface area contributed by atoms with Crippen LogP contribution >= 0.6 is 0 Å². The van der Waals surface area contributed by atoms with E-state index in [4.69, 9.17) is 10.2 Å². The molecule has 1 fully saturated rings. The number of furan rings is 1. The molecule has 2 atom stereocenters. The second-order valence-electron chi connectivity index (χ2n) is 3.66. The van der Waals surface area contributed by atoms with Crippen LogP contribution in [0.15, 0.2) is 22.8 Å². The summed E-state index contributed by atoms with van der Waals surface area (Å²) in [5.74, 6) is 0.985. The van der Waals surface area contributed by atoms with Crippen molar-refractivity contribution in [3.8, 4) is 0 Å². The Kier molecular flexibility index (Phi) is 2.66. The molecule has 13 heavy (non-hydrogen) atoms. The lowest BCUT2D eigenvalue weighted by molar-refractivity contribution is 0.426. The SMILES string of the molecule is NC1CCCC1NCc1ccco1. The third-order valence-electron chi connectivity index (χ3n) is 2.69. The van der Waals surface area contributed by atoms with E-state index >= 15 is 0 Å². The lowest BCUT2D eigenvalue weighted by atomic mass is 10.2. The summed E-state index contributed by atoms with van der Waals surface area (Å²) < 4.78 is 5.23. The Morgan fingerprint density at radius 2 is 2.46 bits per heavy atom. The van der Waals surface area contributed by atoms with Crippen molar-refractivity contribution in [2.75, 3.05) is 0 Å². The van der Waals surface area contributed by atoms with Crippen molar-refractivity contribution >= 4 is 0 Å². The van der Waals surface area contributed by atoms with Crippen LogP contribution in [0.5, 0.6) is 0 Å². The number of rotatable bonds is 3. The molecule has 1 aliphatic carbocycles. The molecular formula is C10H16N2O. The summed E-state index contributed by atoms with van der Waals surface area (Å²) in [5, 5.41) is 3.42. The van der Waals surface area contributed by atoms with Crippen molar-refractivity contribution in [3.63, 3.8) is 0 Å². The molecule has 3 N–H and O–H groups in total. The van der Waals surface area contributed by atoms with E-state index in [1.807, 2.05) is 12.1 Å². The van der Waals surface area contributed by atoms with Crippen LogP contribution in [0.3, 0.4) is 0 Å². The van der Waals surface area contributed by atoms with E-state index in [0.717, 1.165) is 18.7 Å². The minimum absolute atomic E-state index is 0.329. The third-order valence-corrected chi connectivity index (χ3v) is 2.69. The smallest absolute Gasteiger partial charge is 0.117 e. The fourth-order valence-corrected chi connectivity index (χ4v) is 1.89. The highest BCUT2D eigenvalue weighted by molar-refractivity contribution is 4.98. The maximum atomic E-state index is 5.93. The van der Waals surface area contributed by atoms with Gasteiger partial charge in [0.25, 0.3) is 0 Å². The predicted molar refractivity (Wildman–Crippen MR) is 51.2 cm³/mol. The lowest BCUT2D eigenvalue weighted by Gasteiger charge is -2.15. The van der Waals surface area contributed by atoms with Crippen molar-refractivity contribution in [1.29, 1.82) is 0 Å². The van der Waals surface area contributed by atoms with Crippen molar-refractivity contribution in [3.05, 3.63) is 24.2 Å². The highest BCUT2D eigenvalue weighted by atomic mass is 16.3. The van der Waals surface area contributed by atoms with E-state index in [1.165, 1.54) is 12.8 Å². The summed E-state index contributed by atoms with van der Waals surface area (Å²) in [5.41, 5.74) is 5.93. The van der Waals surface area contributed by atoms with Gasteiger partial charge in [0.2, 0.25) is 0 Å². The second kappa shape index (κ2) is 3.94. The van der Waals surface area contributed by atoms with Crippen LogP contribution in [0.25, 0.3) is 0 Å². The maximum Gasteiger partial charge on any atom is 0.117 e. The van der Waals surface area contributed by atoms with E-state index in [2.05, 4.69) is 5.32 Å². The molecule has 1 saturated carbocycles. The molecule has 0 aromatic carbocycles. The molecule has 0 spiro atoms. The normalized spacial score (nSPS) is 28.1. The summed E-state index contributed by atoms with van der Waals surface area (Å²) in [6, 6.07) is 4.69. The number of nitrogens with two attached hydrogens (primary N) is 1. The van der Waals surface area contributed by atoms with Crippen LogP contribution in [-0.2, 0) is 6.54 Å². The van der Waals surface area contributed by atoms with Gasteiger partial charge in [0.1, 0.15) is 5.76 Å². The van der Waals surface area contributed by atoms with Crippen LogP contribution in [0.1, 0.15) is 25.0 Å². The topological polar surface area (TPSA) is 51.2 Å². The van der Waals surface area contributed by atoms with E-state index < -0.39 is 0 Å². The first kappa shape index (κ1) is 8.78. The first-order valence-electron chi connectivity index (χ1n) is 4.87. The first-order chi connectivity index (χ1) is 6.36. The molecule has 0 bridgehead atoms. The van der Waals surface area contributed by atoms with Gasteiger partial charge in [-0.25, -0.2) is 0 Å². The van der Waals surface area contributed by atoms with Gasteiger partial charge in [0.05, 0.1) is 12.8 Å². The number of hydrogen-bond donors (Lipinski definition) is 2. The molecule has 0 radical (unpaired) electrons. The van der Waals surface area contributed by atoms with Gasteiger partial charge < -0.3 is 15.5 Å². The average Bonchev–Trinajstić information content (AvgIpc) is 2.72. The minimum atomic E-state index is 0.329. The Hall–Kier alpha value is -0.800. The van der Waals surface area contributed by atoms with Crippen LogP contribution in [0.2, 0.25) is 0 Å². The van der Waals surface area contributed by atoms with Gasteiger partial charge in [0.15, 0.2) is 0 Å². The highest BCUT2D eigenvalue weighted by Gasteiger charge is 2.22. The summed E-state index contributed by atoms with van der Waals surface area (Å²) in [6.07, 6.45) is 5.29. The highest BCUT2D eigenvalue weighted by Crippen LogP contribution is 2.17. The van der Waals surface area contributed by atoms with Crippen LogP contribution in [0.4, 0.5) is 0 Å². The average molecular weight is 180 g/mol. The molecular weight excluding hydrogens is 164 g/mol. The molecule has 1 aromatic rings. The predicted octanol–water partition coefficient (Wildman–Crippen LogP) is 1.25. The van der Waals surface area contributed by atoms with E-state index in [-0.39, 0.29) is 0 Å². The molecule has 72 valence electrons. The van der Waals surface area contributed by atoms with Crippen molar-refractivity contribution < 1.29 is 4.42 Å². The molecule has 2 rings (SSSR count). The Balaban J connectivity index is 1.79. The Labute approximate surface area is 78.3 Å². The van der Waals surface area contributed by atoms with Crippen molar-refractivity contribution in [2.24, 2.45) is 5.73 Å². The molecule has 1 aliphatic rings. The lowest BCUT2D eigenvalue weighted by Crippen LogP contribution is -2.40. The monoisotopic (exact) mass is 180 g/mol. The summed E-state index contributed by atoms with van der Waals surface area (Å²) in [4.78, 5) is 0. The molecule has 0 saturated heterocycles. The van der Waals surface area contributed by atoms with Gasteiger partial charge in [-0.15, -0.1) is 0 Å². The Morgan fingerprint density at radius 1 is 1.54 bits per heavy atom. The van der Waals surface area contributed by atoms with Crippen LogP contribution in [0, 0.1) is 0 Å². The fourth-order valence-electron chi connectivity index (χ4n) is 1.89. The standard InChI is InChI=1S/C10H16N2O/c11-9-4-1-5-10(9)12-7-8-3-2-6-13-8/h2-3,6,9-10,12H,1,4-5,7,11H2. The molecule has 3 nitrogen and oxygen atoms in total. The molecule has 1 heterocycles. The van der Waals surface area contributed by atoms with Gasteiger partial charge in [-0.1, -0.05) is 6.42 Å². The van der Waals surface area contributed by atoms with Crippen LogP contribution < -0.4 is 11.1 Å². The molecule has 0 aliphatic heterocycles. The zero-order valence-corrected chi connectivity index (χ0v) is 7.70. The first-order valence-corrected chi connectivity index (χ1v) is 4.87. The van der Waals surface area contributed by atoms with Gasteiger partial charge >= 0.3 is 0 Å². The minimum Gasteiger partial charge on any atom is -0.468 e. The zero-order valence-electron chi connectivity index (χ0n) is 7.70. The fraction of sp³-hybridized carbons (Fsp3) is 0.600. The van der Waals surface area contributed by atoms with E-state index in [0.29, 0.717) is 12.1 Å². The van der Waals surface area contributed by atoms with E-state index in [9.17, 15) is 0 Å². The largest absolute Gasteiger partial charge is 0.468 e. The molecule has 1 aromatic heterocycles.